The van der Waals surface area contributed by atoms with Gasteiger partial charge in [0, 0.05) is 35.8 Å². The normalized spacial score (nSPS) is 11.2. The highest BCUT2D eigenvalue weighted by molar-refractivity contribution is 6.04. The second kappa shape index (κ2) is 9.67. The molecule has 5 heteroatoms. The summed E-state index contributed by atoms with van der Waals surface area (Å²) >= 11 is 0. The van der Waals surface area contributed by atoms with Crippen LogP contribution >= 0.6 is 0 Å². The number of aromatic nitrogens is 1. The molecule has 0 aliphatic carbocycles. The molecular formula is C27H23N3O2. The number of carbonyl (C=O) groups is 1. The SMILES string of the molecule is COc1ccc(CNC(=O)/C(C#N)=C\c2cn(Cc3ccccc3)c3ccccc23)cc1. The van der Waals surface area contributed by atoms with E-state index in [1.165, 1.54) is 5.56 Å². The molecule has 1 heterocycles. The van der Waals surface area contributed by atoms with Gasteiger partial charge in [-0.2, -0.15) is 5.26 Å². The zero-order valence-electron chi connectivity index (χ0n) is 17.8. The van der Waals surface area contributed by atoms with Crippen LogP contribution in [0.1, 0.15) is 16.7 Å². The van der Waals surface area contributed by atoms with E-state index in [0.717, 1.165) is 27.8 Å². The molecule has 0 saturated carbocycles. The molecule has 158 valence electrons. The van der Waals surface area contributed by atoms with Crippen LogP contribution in [-0.4, -0.2) is 17.6 Å². The molecule has 0 aliphatic heterocycles. The number of benzene rings is 3. The van der Waals surface area contributed by atoms with Crippen molar-refractivity contribution in [2.75, 3.05) is 7.11 Å². The number of carbonyl (C=O) groups excluding carboxylic acids is 1. The van der Waals surface area contributed by atoms with Crippen molar-refractivity contribution in [1.29, 1.82) is 5.26 Å². The summed E-state index contributed by atoms with van der Waals surface area (Å²) in [6.45, 7) is 1.04. The number of fused-ring (bicyclic) bond motifs is 1. The Morgan fingerprint density at radius 1 is 1.00 bits per heavy atom. The Labute approximate surface area is 187 Å². The quantitative estimate of drug-likeness (QED) is 0.340. The Morgan fingerprint density at radius 2 is 1.72 bits per heavy atom. The van der Waals surface area contributed by atoms with Crippen molar-refractivity contribution in [3.05, 3.63) is 107 Å². The van der Waals surface area contributed by atoms with Gasteiger partial charge in [0.15, 0.2) is 0 Å². The van der Waals surface area contributed by atoms with Crippen LogP contribution in [0.3, 0.4) is 0 Å². The number of amides is 1. The largest absolute Gasteiger partial charge is 0.497 e. The number of nitriles is 1. The van der Waals surface area contributed by atoms with E-state index in [4.69, 9.17) is 4.74 Å². The van der Waals surface area contributed by atoms with Crippen molar-refractivity contribution in [2.24, 2.45) is 0 Å². The standard InChI is InChI=1S/C27H23N3O2/c1-32-24-13-11-20(12-14-24)17-29-27(31)22(16-28)15-23-19-30(18-21-7-3-2-4-8-21)26-10-6-5-9-25(23)26/h2-15,19H,17-18H2,1H3,(H,29,31)/b22-15-. The number of hydrogen-bond donors (Lipinski definition) is 1. The van der Waals surface area contributed by atoms with Crippen molar-refractivity contribution in [2.45, 2.75) is 13.1 Å². The lowest BCUT2D eigenvalue weighted by Gasteiger charge is -2.06. The zero-order chi connectivity index (χ0) is 22.3. The first-order chi connectivity index (χ1) is 15.7. The molecule has 4 aromatic rings. The summed E-state index contributed by atoms with van der Waals surface area (Å²) in [6, 6.07) is 27.7. The summed E-state index contributed by atoms with van der Waals surface area (Å²) in [5.74, 6) is 0.354. The Hall–Kier alpha value is -4.30. The van der Waals surface area contributed by atoms with Crippen LogP contribution in [0.4, 0.5) is 0 Å². The fourth-order valence-corrected chi connectivity index (χ4v) is 3.63. The molecule has 1 N–H and O–H groups in total. The van der Waals surface area contributed by atoms with Crippen molar-refractivity contribution >= 4 is 22.9 Å². The maximum Gasteiger partial charge on any atom is 0.262 e. The topological polar surface area (TPSA) is 67.0 Å². The van der Waals surface area contributed by atoms with Gasteiger partial charge in [-0.25, -0.2) is 0 Å². The molecule has 1 amide bonds. The summed E-state index contributed by atoms with van der Waals surface area (Å²) in [7, 11) is 1.61. The molecule has 0 radical (unpaired) electrons. The van der Waals surface area contributed by atoms with E-state index in [0.29, 0.717) is 13.1 Å². The van der Waals surface area contributed by atoms with Gasteiger partial charge in [-0.15, -0.1) is 0 Å². The van der Waals surface area contributed by atoms with Crippen molar-refractivity contribution < 1.29 is 9.53 Å². The van der Waals surface area contributed by atoms with Crippen LogP contribution in [0.15, 0.2) is 90.6 Å². The second-order valence-electron chi connectivity index (χ2n) is 7.42. The molecule has 0 unspecified atom stereocenters. The molecule has 1 aromatic heterocycles. The van der Waals surface area contributed by atoms with Gasteiger partial charge in [-0.3, -0.25) is 4.79 Å². The predicted octanol–water partition coefficient (Wildman–Crippen LogP) is 4.92. The van der Waals surface area contributed by atoms with Crippen LogP contribution in [0.2, 0.25) is 0 Å². The highest BCUT2D eigenvalue weighted by Gasteiger charge is 2.12. The van der Waals surface area contributed by atoms with Gasteiger partial charge in [0.25, 0.3) is 5.91 Å². The van der Waals surface area contributed by atoms with Crippen molar-refractivity contribution in [3.63, 3.8) is 0 Å². The monoisotopic (exact) mass is 421 g/mol. The molecule has 0 fully saturated rings. The van der Waals surface area contributed by atoms with Gasteiger partial charge in [0.2, 0.25) is 0 Å². The molecular weight excluding hydrogens is 398 g/mol. The molecule has 0 bridgehead atoms. The molecule has 4 rings (SSSR count). The Balaban J connectivity index is 1.57. The average molecular weight is 422 g/mol. The number of ether oxygens (including phenoxy) is 1. The first-order valence-corrected chi connectivity index (χ1v) is 10.3. The third-order valence-electron chi connectivity index (χ3n) is 5.29. The average Bonchev–Trinajstić information content (AvgIpc) is 3.19. The minimum absolute atomic E-state index is 0.0705. The molecule has 0 spiro atoms. The van der Waals surface area contributed by atoms with Crippen molar-refractivity contribution in [3.8, 4) is 11.8 Å². The summed E-state index contributed by atoms with van der Waals surface area (Å²) in [4.78, 5) is 12.7. The molecule has 5 nitrogen and oxygen atoms in total. The maximum absolute atomic E-state index is 12.7. The third-order valence-corrected chi connectivity index (χ3v) is 5.29. The van der Waals surface area contributed by atoms with Gasteiger partial charge in [0.1, 0.15) is 17.4 Å². The molecule has 0 aliphatic rings. The molecule has 3 aromatic carbocycles. The summed E-state index contributed by atoms with van der Waals surface area (Å²) < 4.78 is 7.29. The molecule has 32 heavy (non-hydrogen) atoms. The van der Waals surface area contributed by atoms with Gasteiger partial charge >= 0.3 is 0 Å². The number of nitrogens with one attached hydrogen (secondary N) is 1. The van der Waals surface area contributed by atoms with Crippen LogP contribution in [-0.2, 0) is 17.9 Å². The third kappa shape index (κ3) is 4.71. The maximum atomic E-state index is 12.7. The Bertz CT molecular complexity index is 1300. The first kappa shape index (κ1) is 21.0. The van der Waals surface area contributed by atoms with E-state index < -0.39 is 5.91 Å². The Morgan fingerprint density at radius 3 is 2.44 bits per heavy atom. The lowest BCUT2D eigenvalue weighted by molar-refractivity contribution is -0.117. The van der Waals surface area contributed by atoms with Gasteiger partial charge in [-0.1, -0.05) is 60.7 Å². The van der Waals surface area contributed by atoms with Crippen LogP contribution in [0, 0.1) is 11.3 Å². The number of hydrogen-bond acceptors (Lipinski definition) is 3. The van der Waals surface area contributed by atoms with E-state index in [2.05, 4.69) is 22.0 Å². The summed E-state index contributed by atoms with van der Waals surface area (Å²) in [5, 5.41) is 13.5. The number of nitrogens with zero attached hydrogens (tertiary/aromatic N) is 2. The van der Waals surface area contributed by atoms with Gasteiger partial charge in [0.05, 0.1) is 7.11 Å². The van der Waals surface area contributed by atoms with E-state index in [9.17, 15) is 10.1 Å². The number of rotatable bonds is 7. The predicted molar refractivity (Wildman–Crippen MR) is 126 cm³/mol. The van der Waals surface area contributed by atoms with E-state index in [1.54, 1.807) is 13.2 Å². The second-order valence-corrected chi connectivity index (χ2v) is 7.42. The minimum Gasteiger partial charge on any atom is -0.497 e. The van der Waals surface area contributed by atoms with E-state index in [-0.39, 0.29) is 5.57 Å². The molecule has 0 saturated heterocycles. The van der Waals surface area contributed by atoms with Crippen molar-refractivity contribution in [1.82, 2.24) is 9.88 Å². The highest BCUT2D eigenvalue weighted by atomic mass is 16.5. The number of para-hydroxylation sites is 1. The van der Waals surface area contributed by atoms with Crippen LogP contribution in [0.5, 0.6) is 5.75 Å². The minimum atomic E-state index is -0.400. The smallest absolute Gasteiger partial charge is 0.262 e. The summed E-state index contributed by atoms with van der Waals surface area (Å²) in [6.07, 6.45) is 3.65. The fraction of sp³-hybridized carbons (Fsp3) is 0.111. The lowest BCUT2D eigenvalue weighted by atomic mass is 10.1. The Kier molecular flexibility index (Phi) is 6.33. The zero-order valence-corrected chi connectivity index (χ0v) is 17.8. The lowest BCUT2D eigenvalue weighted by Crippen LogP contribution is -2.23. The van der Waals surface area contributed by atoms with Crippen LogP contribution < -0.4 is 10.1 Å². The first-order valence-electron chi connectivity index (χ1n) is 10.3. The fourth-order valence-electron chi connectivity index (χ4n) is 3.63. The van der Waals surface area contributed by atoms with E-state index in [1.807, 2.05) is 79.0 Å². The number of methoxy groups -OCH3 is 1. The highest BCUT2D eigenvalue weighted by Crippen LogP contribution is 2.24. The van der Waals surface area contributed by atoms with Gasteiger partial charge < -0.3 is 14.6 Å². The summed E-state index contributed by atoms with van der Waals surface area (Å²) in [5.41, 5.74) is 4.07. The van der Waals surface area contributed by atoms with E-state index >= 15 is 0 Å². The van der Waals surface area contributed by atoms with Gasteiger partial charge in [-0.05, 0) is 35.4 Å². The van der Waals surface area contributed by atoms with Crippen LogP contribution in [0.25, 0.3) is 17.0 Å². The molecule has 0 atom stereocenters.